The number of nitrogens with one attached hydrogen (secondary N) is 1. The summed E-state index contributed by atoms with van der Waals surface area (Å²) in [5.41, 5.74) is 1.56. The largest absolute Gasteiger partial charge is 0.454 e. The average molecular weight is 269 g/mol. The molecule has 1 atom stereocenters. The van der Waals surface area contributed by atoms with E-state index < -0.39 is 0 Å². The Morgan fingerprint density at radius 3 is 2.70 bits per heavy atom. The summed E-state index contributed by atoms with van der Waals surface area (Å²) in [4.78, 5) is 12.3. The fourth-order valence-corrected chi connectivity index (χ4v) is 2.21. The van der Waals surface area contributed by atoms with Gasteiger partial charge in [0.15, 0.2) is 11.5 Å². The van der Waals surface area contributed by atoms with Crippen LogP contribution in [0.25, 0.3) is 0 Å². The van der Waals surface area contributed by atoms with Gasteiger partial charge in [-0.1, -0.05) is 36.4 Å². The number of rotatable bonds is 3. The van der Waals surface area contributed by atoms with Crippen molar-refractivity contribution in [3.05, 3.63) is 59.7 Å². The molecule has 0 aromatic heterocycles. The first-order valence-corrected chi connectivity index (χ1v) is 6.50. The molecule has 0 fully saturated rings. The number of fused-ring (bicyclic) bond motifs is 1. The number of para-hydroxylation sites is 1. The molecule has 0 saturated heterocycles. The molecule has 0 saturated carbocycles. The van der Waals surface area contributed by atoms with Crippen molar-refractivity contribution in [2.24, 2.45) is 0 Å². The van der Waals surface area contributed by atoms with Crippen LogP contribution in [0, 0.1) is 0 Å². The van der Waals surface area contributed by atoms with E-state index in [4.69, 9.17) is 9.47 Å². The molecule has 0 radical (unpaired) electrons. The molecule has 1 amide bonds. The smallest absolute Gasteiger partial charge is 0.255 e. The first kappa shape index (κ1) is 12.5. The van der Waals surface area contributed by atoms with Crippen LogP contribution in [0.3, 0.4) is 0 Å². The van der Waals surface area contributed by atoms with Gasteiger partial charge in [0.25, 0.3) is 5.91 Å². The Morgan fingerprint density at radius 1 is 1.10 bits per heavy atom. The monoisotopic (exact) mass is 269 g/mol. The molecule has 20 heavy (non-hydrogen) atoms. The van der Waals surface area contributed by atoms with E-state index in [2.05, 4.69) is 5.32 Å². The fourth-order valence-electron chi connectivity index (χ4n) is 2.21. The van der Waals surface area contributed by atoms with Crippen molar-refractivity contribution in [2.75, 3.05) is 6.79 Å². The van der Waals surface area contributed by atoms with Crippen LogP contribution in [0.4, 0.5) is 0 Å². The molecule has 102 valence electrons. The summed E-state index contributed by atoms with van der Waals surface area (Å²) < 4.78 is 10.6. The molecule has 1 aliphatic rings. The standard InChI is InChI=1S/C16H15NO3/c1-11(12-6-3-2-4-7-12)17-16(18)13-8-5-9-14-15(13)20-10-19-14/h2-9,11H,10H2,1H3,(H,17,18). The average Bonchev–Trinajstić information content (AvgIpc) is 2.96. The van der Waals surface area contributed by atoms with Crippen LogP contribution in [0.1, 0.15) is 28.9 Å². The van der Waals surface area contributed by atoms with Gasteiger partial charge in [0.2, 0.25) is 6.79 Å². The van der Waals surface area contributed by atoms with Gasteiger partial charge in [0.05, 0.1) is 11.6 Å². The number of hydrogen-bond donors (Lipinski definition) is 1. The van der Waals surface area contributed by atoms with Crippen LogP contribution >= 0.6 is 0 Å². The third-order valence-corrected chi connectivity index (χ3v) is 3.29. The number of ether oxygens (including phenoxy) is 2. The molecule has 1 unspecified atom stereocenters. The van der Waals surface area contributed by atoms with Gasteiger partial charge in [0.1, 0.15) is 0 Å². The summed E-state index contributed by atoms with van der Waals surface area (Å²) >= 11 is 0. The molecule has 0 bridgehead atoms. The normalized spacial score (nSPS) is 13.8. The minimum absolute atomic E-state index is 0.0677. The summed E-state index contributed by atoms with van der Waals surface area (Å²) in [5, 5.41) is 2.97. The minimum Gasteiger partial charge on any atom is -0.454 e. The third kappa shape index (κ3) is 2.32. The van der Waals surface area contributed by atoms with E-state index in [0.717, 1.165) is 5.56 Å². The lowest BCUT2D eigenvalue weighted by Crippen LogP contribution is -2.26. The molecule has 0 spiro atoms. The third-order valence-electron chi connectivity index (χ3n) is 3.29. The summed E-state index contributed by atoms with van der Waals surface area (Å²) in [5.74, 6) is 0.971. The highest BCUT2D eigenvalue weighted by Crippen LogP contribution is 2.35. The molecular formula is C16H15NO3. The Labute approximate surface area is 117 Å². The number of amides is 1. The van der Waals surface area contributed by atoms with E-state index >= 15 is 0 Å². The lowest BCUT2D eigenvalue weighted by Gasteiger charge is -2.15. The number of hydrogen-bond acceptors (Lipinski definition) is 3. The first-order valence-electron chi connectivity index (χ1n) is 6.50. The topological polar surface area (TPSA) is 47.6 Å². The van der Waals surface area contributed by atoms with Crippen molar-refractivity contribution < 1.29 is 14.3 Å². The van der Waals surface area contributed by atoms with E-state index in [1.165, 1.54) is 0 Å². The number of carbonyl (C=O) groups is 1. The maximum absolute atomic E-state index is 12.3. The zero-order valence-corrected chi connectivity index (χ0v) is 11.1. The van der Waals surface area contributed by atoms with Gasteiger partial charge in [-0.05, 0) is 24.6 Å². The molecular weight excluding hydrogens is 254 g/mol. The SMILES string of the molecule is CC(NC(=O)c1cccc2c1OCO2)c1ccccc1. The van der Waals surface area contributed by atoms with Gasteiger partial charge in [-0.15, -0.1) is 0 Å². The fraction of sp³-hybridized carbons (Fsp3) is 0.188. The second-order valence-corrected chi connectivity index (χ2v) is 4.65. The molecule has 1 aliphatic heterocycles. The summed E-state index contributed by atoms with van der Waals surface area (Å²) in [7, 11) is 0. The predicted octanol–water partition coefficient (Wildman–Crippen LogP) is 2.91. The molecule has 2 aromatic rings. The number of benzene rings is 2. The van der Waals surface area contributed by atoms with Gasteiger partial charge >= 0.3 is 0 Å². The van der Waals surface area contributed by atoms with Crippen molar-refractivity contribution in [3.63, 3.8) is 0 Å². The van der Waals surface area contributed by atoms with Crippen LogP contribution in [-0.2, 0) is 0 Å². The molecule has 3 rings (SSSR count). The van der Waals surface area contributed by atoms with E-state index in [1.807, 2.05) is 37.3 Å². The zero-order valence-electron chi connectivity index (χ0n) is 11.1. The van der Waals surface area contributed by atoms with E-state index in [9.17, 15) is 4.79 Å². The van der Waals surface area contributed by atoms with Gasteiger partial charge < -0.3 is 14.8 Å². The van der Waals surface area contributed by atoms with Crippen molar-refractivity contribution in [2.45, 2.75) is 13.0 Å². The highest BCUT2D eigenvalue weighted by Gasteiger charge is 2.22. The highest BCUT2D eigenvalue weighted by atomic mass is 16.7. The predicted molar refractivity (Wildman–Crippen MR) is 74.9 cm³/mol. The molecule has 1 N–H and O–H groups in total. The quantitative estimate of drug-likeness (QED) is 0.932. The molecule has 1 heterocycles. The Kier molecular flexibility index (Phi) is 3.29. The summed E-state index contributed by atoms with van der Waals surface area (Å²) in [6.07, 6.45) is 0. The van der Waals surface area contributed by atoms with Crippen molar-refractivity contribution in [1.29, 1.82) is 0 Å². The second kappa shape index (κ2) is 5.25. The molecule has 2 aromatic carbocycles. The van der Waals surface area contributed by atoms with Crippen LogP contribution in [0.15, 0.2) is 48.5 Å². The second-order valence-electron chi connectivity index (χ2n) is 4.65. The Hall–Kier alpha value is -2.49. The Balaban J connectivity index is 1.79. The van der Waals surface area contributed by atoms with Crippen LogP contribution in [0.2, 0.25) is 0 Å². The van der Waals surface area contributed by atoms with Crippen molar-refractivity contribution in [1.82, 2.24) is 5.32 Å². The first-order chi connectivity index (χ1) is 9.75. The zero-order chi connectivity index (χ0) is 13.9. The molecule has 4 heteroatoms. The van der Waals surface area contributed by atoms with Gasteiger partial charge in [-0.3, -0.25) is 4.79 Å². The molecule has 4 nitrogen and oxygen atoms in total. The summed E-state index contributed by atoms with van der Waals surface area (Å²) in [6, 6.07) is 15.1. The van der Waals surface area contributed by atoms with Gasteiger partial charge in [0, 0.05) is 0 Å². The lowest BCUT2D eigenvalue weighted by atomic mass is 10.1. The maximum Gasteiger partial charge on any atom is 0.255 e. The van der Waals surface area contributed by atoms with Crippen molar-refractivity contribution >= 4 is 5.91 Å². The Morgan fingerprint density at radius 2 is 1.90 bits per heavy atom. The van der Waals surface area contributed by atoms with Crippen LogP contribution < -0.4 is 14.8 Å². The van der Waals surface area contributed by atoms with Crippen LogP contribution in [0.5, 0.6) is 11.5 Å². The minimum atomic E-state index is -0.163. The van der Waals surface area contributed by atoms with Gasteiger partial charge in [-0.25, -0.2) is 0 Å². The Bertz CT molecular complexity index is 625. The number of carbonyl (C=O) groups excluding carboxylic acids is 1. The van der Waals surface area contributed by atoms with Crippen LogP contribution in [-0.4, -0.2) is 12.7 Å². The summed E-state index contributed by atoms with van der Waals surface area (Å²) in [6.45, 7) is 2.11. The molecule has 0 aliphatic carbocycles. The highest BCUT2D eigenvalue weighted by molar-refractivity contribution is 5.98. The van der Waals surface area contributed by atoms with Crippen molar-refractivity contribution in [3.8, 4) is 11.5 Å². The maximum atomic E-state index is 12.3. The lowest BCUT2D eigenvalue weighted by molar-refractivity contribution is 0.0935. The van der Waals surface area contributed by atoms with E-state index in [0.29, 0.717) is 17.1 Å². The van der Waals surface area contributed by atoms with E-state index in [-0.39, 0.29) is 18.7 Å². The van der Waals surface area contributed by atoms with E-state index in [1.54, 1.807) is 18.2 Å². The van der Waals surface area contributed by atoms with Gasteiger partial charge in [-0.2, -0.15) is 0 Å².